The van der Waals surface area contributed by atoms with E-state index in [1.54, 1.807) is 29.2 Å². The number of para-hydroxylation sites is 1. The summed E-state index contributed by atoms with van der Waals surface area (Å²) in [6.07, 6.45) is 0.384. The second-order valence-corrected chi connectivity index (χ2v) is 11.2. The summed E-state index contributed by atoms with van der Waals surface area (Å²) < 4.78 is 31.9. The number of aryl methyl sites for hydroxylation is 1. The van der Waals surface area contributed by atoms with Crippen LogP contribution in [0.1, 0.15) is 25.3 Å². The Balaban J connectivity index is 1.75. The molecule has 3 rings (SSSR count). The molecule has 9 heteroatoms. The first-order chi connectivity index (χ1) is 15.7. The maximum absolute atomic E-state index is 13.2. The second kappa shape index (κ2) is 11.1. The normalized spacial score (nSPS) is 11.8. The first-order valence-electron chi connectivity index (χ1n) is 11.0. The maximum atomic E-state index is 13.2. The van der Waals surface area contributed by atoms with E-state index in [1.807, 2.05) is 51.0 Å². The largest absolute Gasteiger partial charge is 0.492 e. The SMILES string of the molecule is CCOc1cccc2sc(N(CCN(C)C)C(=O)CCCS(=O)(=O)c3ccc(C)cc3)nc12. The molecule has 0 bridgehead atoms. The predicted octanol–water partition coefficient (Wildman–Crippen LogP) is 4.15. The zero-order valence-corrected chi connectivity index (χ0v) is 21.2. The number of hydrogen-bond acceptors (Lipinski definition) is 7. The van der Waals surface area contributed by atoms with Gasteiger partial charge in [0.05, 0.1) is 22.0 Å². The highest BCUT2D eigenvalue weighted by molar-refractivity contribution is 7.91. The van der Waals surface area contributed by atoms with Crippen molar-refractivity contribution in [2.45, 2.75) is 31.6 Å². The Morgan fingerprint density at radius 2 is 1.82 bits per heavy atom. The van der Waals surface area contributed by atoms with Crippen LogP contribution in [0.3, 0.4) is 0 Å². The third-order valence-corrected chi connectivity index (χ3v) is 8.02. The van der Waals surface area contributed by atoms with E-state index in [0.717, 1.165) is 15.8 Å². The van der Waals surface area contributed by atoms with Crippen LogP contribution in [0.4, 0.5) is 5.13 Å². The quantitative estimate of drug-likeness (QED) is 0.403. The molecule has 0 spiro atoms. The molecule has 1 heterocycles. The van der Waals surface area contributed by atoms with Crippen molar-refractivity contribution >= 4 is 42.4 Å². The topological polar surface area (TPSA) is 79.8 Å². The summed E-state index contributed by atoms with van der Waals surface area (Å²) in [5.74, 6) is 0.493. The van der Waals surface area contributed by atoms with Gasteiger partial charge in [0.25, 0.3) is 0 Å². The van der Waals surface area contributed by atoms with E-state index in [9.17, 15) is 13.2 Å². The molecule has 2 aromatic carbocycles. The van der Waals surface area contributed by atoms with Crippen molar-refractivity contribution in [2.24, 2.45) is 0 Å². The molecule has 0 atom stereocenters. The molecule has 1 amide bonds. The highest BCUT2D eigenvalue weighted by Gasteiger charge is 2.22. The number of anilines is 1. The number of carbonyl (C=O) groups is 1. The van der Waals surface area contributed by atoms with Gasteiger partial charge in [-0.1, -0.05) is 35.1 Å². The molecule has 0 aliphatic heterocycles. The summed E-state index contributed by atoms with van der Waals surface area (Å²) in [5, 5.41) is 0.602. The first-order valence-corrected chi connectivity index (χ1v) is 13.4. The van der Waals surface area contributed by atoms with Gasteiger partial charge in [0.15, 0.2) is 15.0 Å². The van der Waals surface area contributed by atoms with Gasteiger partial charge in [0.2, 0.25) is 5.91 Å². The number of benzene rings is 2. The summed E-state index contributed by atoms with van der Waals surface area (Å²) >= 11 is 1.44. The Morgan fingerprint density at radius 1 is 1.09 bits per heavy atom. The van der Waals surface area contributed by atoms with E-state index >= 15 is 0 Å². The van der Waals surface area contributed by atoms with Gasteiger partial charge in [-0.2, -0.15) is 0 Å². The second-order valence-electron chi connectivity index (χ2n) is 8.12. The Morgan fingerprint density at radius 3 is 2.48 bits per heavy atom. The predicted molar refractivity (Wildman–Crippen MR) is 134 cm³/mol. The summed E-state index contributed by atoms with van der Waals surface area (Å²) in [6, 6.07) is 12.5. The molecular weight excluding hydrogens is 458 g/mol. The molecule has 0 radical (unpaired) electrons. The van der Waals surface area contributed by atoms with Crippen LogP contribution >= 0.6 is 11.3 Å². The van der Waals surface area contributed by atoms with Crippen molar-refractivity contribution in [2.75, 3.05) is 44.4 Å². The average molecular weight is 490 g/mol. The van der Waals surface area contributed by atoms with Crippen molar-refractivity contribution in [1.29, 1.82) is 0 Å². The fourth-order valence-corrected chi connectivity index (χ4v) is 5.68. The standard InChI is InChI=1S/C24H31N3O4S2/c1-5-31-20-8-6-9-21-23(20)25-24(32-21)27(16-15-26(3)4)22(28)10-7-17-33(29,30)19-13-11-18(2)12-14-19/h6,8-9,11-14H,5,7,10,15-17H2,1-4H3. The molecule has 0 aliphatic carbocycles. The monoisotopic (exact) mass is 489 g/mol. The molecule has 0 unspecified atom stereocenters. The van der Waals surface area contributed by atoms with Gasteiger partial charge < -0.3 is 9.64 Å². The van der Waals surface area contributed by atoms with Crippen molar-refractivity contribution < 1.29 is 17.9 Å². The number of ether oxygens (including phenoxy) is 1. The van der Waals surface area contributed by atoms with Crippen LogP contribution in [-0.4, -0.2) is 63.8 Å². The number of hydrogen-bond donors (Lipinski definition) is 0. The van der Waals surface area contributed by atoms with Gasteiger partial charge in [-0.25, -0.2) is 13.4 Å². The van der Waals surface area contributed by atoms with Crippen LogP contribution in [0.25, 0.3) is 10.2 Å². The van der Waals surface area contributed by atoms with E-state index in [-0.39, 0.29) is 24.5 Å². The van der Waals surface area contributed by atoms with Crippen molar-refractivity contribution in [3.63, 3.8) is 0 Å². The molecule has 3 aromatic rings. The first kappa shape index (κ1) is 25.1. The third-order valence-electron chi connectivity index (χ3n) is 5.16. The van der Waals surface area contributed by atoms with Crippen LogP contribution in [0, 0.1) is 6.92 Å². The Hall–Kier alpha value is -2.49. The van der Waals surface area contributed by atoms with Gasteiger partial charge in [-0.3, -0.25) is 9.69 Å². The van der Waals surface area contributed by atoms with Crippen LogP contribution < -0.4 is 9.64 Å². The number of likely N-dealkylation sites (N-methyl/N-ethyl adjacent to an activating group) is 1. The molecule has 7 nitrogen and oxygen atoms in total. The number of rotatable bonds is 11. The molecule has 0 N–H and O–H groups in total. The van der Waals surface area contributed by atoms with E-state index in [2.05, 4.69) is 0 Å². The Bertz CT molecular complexity index is 1190. The zero-order valence-electron chi connectivity index (χ0n) is 19.6. The molecular formula is C24H31N3O4S2. The third kappa shape index (κ3) is 6.52. The minimum atomic E-state index is -3.43. The van der Waals surface area contributed by atoms with Crippen molar-refractivity contribution in [3.8, 4) is 5.75 Å². The van der Waals surface area contributed by atoms with Crippen LogP contribution in [0.2, 0.25) is 0 Å². The van der Waals surface area contributed by atoms with Crippen molar-refractivity contribution in [3.05, 3.63) is 48.0 Å². The molecule has 0 saturated carbocycles. The number of thiazole rings is 1. The molecule has 0 fully saturated rings. The van der Waals surface area contributed by atoms with E-state index < -0.39 is 9.84 Å². The average Bonchev–Trinajstić information content (AvgIpc) is 3.19. The van der Waals surface area contributed by atoms with Crippen LogP contribution in [0.15, 0.2) is 47.4 Å². The summed E-state index contributed by atoms with van der Waals surface area (Å²) in [5.41, 5.74) is 1.74. The summed E-state index contributed by atoms with van der Waals surface area (Å²) in [6.45, 7) is 5.51. The number of carbonyl (C=O) groups excluding carboxylic acids is 1. The van der Waals surface area contributed by atoms with Gasteiger partial charge in [0.1, 0.15) is 11.3 Å². The van der Waals surface area contributed by atoms with E-state index in [0.29, 0.717) is 35.5 Å². The summed E-state index contributed by atoms with van der Waals surface area (Å²) in [7, 11) is 0.464. The summed E-state index contributed by atoms with van der Waals surface area (Å²) in [4.78, 5) is 21.8. The Kier molecular flexibility index (Phi) is 8.45. The number of sulfone groups is 1. The lowest BCUT2D eigenvalue weighted by Gasteiger charge is -2.22. The van der Waals surface area contributed by atoms with Gasteiger partial charge >= 0.3 is 0 Å². The van der Waals surface area contributed by atoms with E-state index in [4.69, 9.17) is 9.72 Å². The maximum Gasteiger partial charge on any atom is 0.228 e. The molecule has 1 aromatic heterocycles. The number of amides is 1. The highest BCUT2D eigenvalue weighted by atomic mass is 32.2. The number of fused-ring (bicyclic) bond motifs is 1. The molecule has 178 valence electrons. The van der Waals surface area contributed by atoms with Crippen LogP contribution in [-0.2, 0) is 14.6 Å². The number of aromatic nitrogens is 1. The smallest absolute Gasteiger partial charge is 0.228 e. The van der Waals surface area contributed by atoms with E-state index in [1.165, 1.54) is 11.3 Å². The molecule has 0 aliphatic rings. The fraction of sp³-hybridized carbons (Fsp3) is 0.417. The number of nitrogens with zero attached hydrogens (tertiary/aromatic N) is 3. The molecule has 33 heavy (non-hydrogen) atoms. The Labute approximate surface area is 199 Å². The van der Waals surface area contributed by atoms with Crippen molar-refractivity contribution in [1.82, 2.24) is 9.88 Å². The minimum Gasteiger partial charge on any atom is -0.492 e. The lowest BCUT2D eigenvalue weighted by atomic mass is 10.2. The minimum absolute atomic E-state index is 0.0718. The lowest BCUT2D eigenvalue weighted by molar-refractivity contribution is -0.118. The molecule has 0 saturated heterocycles. The fourth-order valence-electron chi connectivity index (χ4n) is 3.34. The van der Waals surface area contributed by atoms with Gasteiger partial charge in [0, 0.05) is 19.5 Å². The van der Waals surface area contributed by atoms with Crippen LogP contribution in [0.5, 0.6) is 5.75 Å². The lowest BCUT2D eigenvalue weighted by Crippen LogP contribution is -2.36. The van der Waals surface area contributed by atoms with Gasteiger partial charge in [-0.15, -0.1) is 0 Å². The van der Waals surface area contributed by atoms with Gasteiger partial charge in [-0.05, 0) is 58.6 Å². The zero-order chi connectivity index (χ0) is 24.0. The highest BCUT2D eigenvalue weighted by Crippen LogP contribution is 2.34.